The minimum atomic E-state index is -6.18. The van der Waals surface area contributed by atoms with Gasteiger partial charge in [0.05, 0.1) is 49.7 Å². The summed E-state index contributed by atoms with van der Waals surface area (Å²) in [6, 6.07) is 14.9. The fraction of sp³-hybridized carbons (Fsp3) is 0.382. The van der Waals surface area contributed by atoms with Gasteiger partial charge in [-0.1, -0.05) is 92.1 Å². The predicted molar refractivity (Wildman–Crippen MR) is 192 cm³/mol. The van der Waals surface area contributed by atoms with Crippen LogP contribution in [0.3, 0.4) is 0 Å². The molecule has 0 aliphatic rings. The molecule has 3 rings (SSSR count). The maximum absolute atomic E-state index is 14.0. The van der Waals surface area contributed by atoms with Crippen molar-refractivity contribution in [3.8, 4) is 29.9 Å². The number of alkyl halides is 3. The molecular weight excluding hydrogens is 744 g/mol. The molecular formula is C34H40F3N3O7S3Si. The number of hydrogen-bond acceptors (Lipinski definition) is 8. The number of hydrogen-bond donors (Lipinski definition) is 0. The number of pyridine rings is 1. The van der Waals surface area contributed by atoms with Gasteiger partial charge < -0.3 is 4.18 Å². The number of halogens is 3. The zero-order chi connectivity index (χ0) is 38.3. The third kappa shape index (κ3) is 9.59. The first-order valence-corrected chi connectivity index (χ1v) is 22.7. The van der Waals surface area contributed by atoms with E-state index in [0.717, 1.165) is 19.7 Å². The number of aromatic nitrogens is 1. The van der Waals surface area contributed by atoms with E-state index in [4.69, 9.17) is 10.6 Å². The van der Waals surface area contributed by atoms with Gasteiger partial charge in [-0.05, 0) is 49.4 Å². The molecule has 1 aromatic heterocycles. The van der Waals surface area contributed by atoms with Crippen LogP contribution >= 0.6 is 0 Å². The van der Waals surface area contributed by atoms with Crippen LogP contribution in [-0.4, -0.2) is 72.1 Å². The molecule has 0 saturated carbocycles. The van der Waals surface area contributed by atoms with Crippen LogP contribution < -0.4 is 9.37 Å². The van der Waals surface area contributed by atoms with Crippen LogP contribution in [-0.2, 0) is 36.7 Å². The van der Waals surface area contributed by atoms with Gasteiger partial charge in [-0.2, -0.15) is 30.2 Å². The third-order valence-corrected chi connectivity index (χ3v) is 18.8. The lowest BCUT2D eigenvalue weighted by Gasteiger charge is -2.31. The largest absolute Gasteiger partial charge is 0.534 e. The molecule has 0 saturated heterocycles. The van der Waals surface area contributed by atoms with Crippen molar-refractivity contribution in [2.45, 2.75) is 74.6 Å². The molecule has 0 radical (unpaired) electrons. The van der Waals surface area contributed by atoms with E-state index in [9.17, 15) is 38.4 Å². The molecule has 3 aromatic rings. The van der Waals surface area contributed by atoms with Crippen LogP contribution in [0.2, 0.25) is 18.1 Å². The lowest BCUT2D eigenvalue weighted by Crippen LogP contribution is -2.48. The van der Waals surface area contributed by atoms with Crippen LogP contribution in [0, 0.1) is 38.0 Å². The molecule has 10 nitrogen and oxygen atoms in total. The van der Waals surface area contributed by atoms with E-state index in [1.165, 1.54) is 36.5 Å². The Morgan fingerprint density at radius 1 is 0.745 bits per heavy atom. The topological polar surface area (TPSA) is 131 Å². The first-order valence-electron chi connectivity index (χ1n) is 15.8. The fourth-order valence-electron chi connectivity index (χ4n) is 5.32. The van der Waals surface area contributed by atoms with E-state index < -0.39 is 69.1 Å². The van der Waals surface area contributed by atoms with Crippen molar-refractivity contribution in [2.24, 2.45) is 0 Å². The van der Waals surface area contributed by atoms with Crippen LogP contribution in [0.25, 0.3) is 0 Å². The number of aryl methyl sites for hydroxylation is 2. The molecule has 0 N–H and O–H groups in total. The van der Waals surface area contributed by atoms with Crippen molar-refractivity contribution in [3.05, 3.63) is 77.6 Å². The minimum absolute atomic E-state index is 0.0214. The smallest absolute Gasteiger partial charge is 0.374 e. The Bertz CT molecular complexity index is 2110. The summed E-state index contributed by atoms with van der Waals surface area (Å²) >= 11 is 0. The van der Waals surface area contributed by atoms with E-state index in [1.807, 2.05) is 20.8 Å². The minimum Gasteiger partial charge on any atom is -0.374 e. The van der Waals surface area contributed by atoms with Crippen molar-refractivity contribution in [1.82, 2.24) is 13.6 Å². The number of sulfonamides is 2. The van der Waals surface area contributed by atoms with Gasteiger partial charge in [0.2, 0.25) is 20.0 Å². The lowest BCUT2D eigenvalue weighted by molar-refractivity contribution is -0.0500. The van der Waals surface area contributed by atoms with Crippen LogP contribution in [0.1, 0.15) is 37.6 Å². The molecule has 51 heavy (non-hydrogen) atoms. The fourth-order valence-corrected chi connectivity index (χ4v) is 12.2. The monoisotopic (exact) mass is 783 g/mol. The van der Waals surface area contributed by atoms with Crippen LogP contribution in [0.4, 0.5) is 13.2 Å². The van der Waals surface area contributed by atoms with Gasteiger partial charge in [-0.25, -0.2) is 16.8 Å². The average Bonchev–Trinajstić information content (AvgIpc) is 3.07. The molecule has 0 fully saturated rings. The highest BCUT2D eigenvalue weighted by Gasteiger charge is 2.50. The van der Waals surface area contributed by atoms with E-state index >= 15 is 0 Å². The SMILES string of the molecule is C#CCN(CC#CCN(Cc1nccc([Si](CC)(CC)CC)c1OS(=O)(=O)C(F)(F)F)S(=O)(=O)c1ccc(C)cc1)S(=O)(=O)c1ccc(C)cc1. The number of nitrogens with zero attached hydrogens (tertiary/aromatic N) is 3. The Kier molecular flexibility index (Phi) is 13.7. The Morgan fingerprint density at radius 2 is 1.20 bits per heavy atom. The standard InChI is InChI=1S/C34H40F3N3O7S3Si/c1-7-23-39(48(41,42)29-17-13-27(5)14-18-29)24-11-12-25-40(49(43,44)30-19-15-28(6)16-20-30)26-31-33(47-50(45,46)34(35,36)37)32(21-22-38-31)51(8-2,9-3)10-4/h1,13-22H,8-10,23-26H2,2-6H3. The molecule has 1 heterocycles. The van der Waals surface area contributed by atoms with Gasteiger partial charge in [-0.15, -0.1) is 6.42 Å². The van der Waals surface area contributed by atoms with Gasteiger partial charge in [0.1, 0.15) is 0 Å². The zero-order valence-corrected chi connectivity index (χ0v) is 32.3. The highest BCUT2D eigenvalue weighted by Crippen LogP contribution is 2.33. The number of terminal acetylenes is 1. The number of benzene rings is 2. The summed E-state index contributed by atoms with van der Waals surface area (Å²) in [5.41, 5.74) is -4.54. The van der Waals surface area contributed by atoms with Gasteiger partial charge in [0, 0.05) is 6.20 Å². The second-order valence-corrected chi connectivity index (χ2v) is 22.3. The van der Waals surface area contributed by atoms with E-state index in [1.54, 1.807) is 38.1 Å². The van der Waals surface area contributed by atoms with E-state index in [2.05, 4.69) is 22.7 Å². The molecule has 0 aliphatic carbocycles. The van der Waals surface area contributed by atoms with Gasteiger partial charge in [0.25, 0.3) is 0 Å². The molecule has 2 aromatic carbocycles. The maximum atomic E-state index is 14.0. The Hall–Kier alpha value is -3.71. The second-order valence-electron chi connectivity index (χ2n) is 11.7. The molecule has 0 aliphatic heterocycles. The quantitative estimate of drug-likeness (QED) is 0.0895. The Labute approximate surface area is 300 Å². The van der Waals surface area contributed by atoms with Crippen molar-refractivity contribution >= 4 is 43.4 Å². The van der Waals surface area contributed by atoms with Crippen molar-refractivity contribution in [2.75, 3.05) is 19.6 Å². The summed E-state index contributed by atoms with van der Waals surface area (Å²) in [7, 11) is -17.4. The van der Waals surface area contributed by atoms with Crippen molar-refractivity contribution < 1.29 is 42.6 Å². The van der Waals surface area contributed by atoms with E-state index in [-0.39, 0.29) is 27.2 Å². The highest BCUT2D eigenvalue weighted by atomic mass is 32.2. The molecule has 17 heteroatoms. The summed E-state index contributed by atoms with van der Waals surface area (Å²) in [6.07, 6.45) is 6.72. The van der Waals surface area contributed by atoms with Gasteiger partial charge in [0.15, 0.2) is 5.75 Å². The first-order chi connectivity index (χ1) is 23.8. The van der Waals surface area contributed by atoms with Crippen molar-refractivity contribution in [1.29, 1.82) is 0 Å². The average molecular weight is 784 g/mol. The maximum Gasteiger partial charge on any atom is 0.534 e. The molecule has 0 bridgehead atoms. The molecule has 276 valence electrons. The summed E-state index contributed by atoms with van der Waals surface area (Å²) in [5, 5.41) is 0.262. The molecule has 0 spiro atoms. The zero-order valence-electron chi connectivity index (χ0n) is 28.9. The molecule has 0 unspecified atom stereocenters. The third-order valence-electron chi connectivity index (χ3n) is 8.60. The Balaban J connectivity index is 2.16. The predicted octanol–water partition coefficient (Wildman–Crippen LogP) is 5.16. The van der Waals surface area contributed by atoms with Gasteiger partial charge in [-0.3, -0.25) is 4.98 Å². The van der Waals surface area contributed by atoms with E-state index in [0.29, 0.717) is 18.1 Å². The summed E-state index contributed by atoms with van der Waals surface area (Å²) in [6.45, 7) is 7.05. The van der Waals surface area contributed by atoms with Crippen LogP contribution in [0.15, 0.2) is 70.6 Å². The van der Waals surface area contributed by atoms with Gasteiger partial charge >= 0.3 is 15.6 Å². The summed E-state index contributed by atoms with van der Waals surface area (Å²) < 4.78 is 127. The normalized spacial score (nSPS) is 12.7. The molecule has 0 atom stereocenters. The lowest BCUT2D eigenvalue weighted by atomic mass is 10.2. The van der Waals surface area contributed by atoms with Crippen LogP contribution in [0.5, 0.6) is 5.75 Å². The first kappa shape index (κ1) is 41.7. The molecule has 0 amide bonds. The second kappa shape index (κ2) is 16.7. The van der Waals surface area contributed by atoms with Crippen molar-refractivity contribution in [3.63, 3.8) is 0 Å². The summed E-state index contributed by atoms with van der Waals surface area (Å²) in [5.74, 6) is 6.92. The number of rotatable bonds is 15. The Morgan fingerprint density at radius 3 is 1.63 bits per heavy atom. The highest BCUT2D eigenvalue weighted by molar-refractivity contribution is 7.89. The summed E-state index contributed by atoms with van der Waals surface area (Å²) in [4.78, 5) is 3.94.